The van der Waals surface area contributed by atoms with Crippen LogP contribution in [0.5, 0.6) is 0 Å². The van der Waals surface area contributed by atoms with Crippen molar-refractivity contribution in [1.82, 2.24) is 0 Å². The second kappa shape index (κ2) is 16.2. The molecule has 0 fully saturated rings. The molecule has 14 rings (SSSR count). The summed E-state index contributed by atoms with van der Waals surface area (Å²) in [6.07, 6.45) is 0. The first-order valence-corrected chi connectivity index (χ1v) is 24.7. The third kappa shape index (κ3) is 6.66. The highest BCUT2D eigenvalue weighted by atomic mass is 14.4. The second-order valence-electron chi connectivity index (χ2n) is 20.4. The molecular formula is C70H52. The van der Waals surface area contributed by atoms with Crippen LogP contribution in [0.15, 0.2) is 243 Å². The van der Waals surface area contributed by atoms with E-state index in [4.69, 9.17) is 0 Å². The van der Waals surface area contributed by atoms with Gasteiger partial charge in [-0.25, -0.2) is 0 Å². The number of rotatable bonds is 4. The SMILES string of the molecule is CC1(C)c2ccccc2-c2cc3cc4ccccc4c(-c4cccc(-c5ccccc5)c4)c3cc21.CC1(C)c2ccccc2-c2cc3cc4ccccc4c(-c4cccc(-c5ccccc5)c4)c3cc21. The maximum Gasteiger partial charge on any atom is 0.0159 e. The van der Waals surface area contributed by atoms with E-state index in [9.17, 15) is 0 Å². The molecule has 0 saturated heterocycles. The molecule has 2 aliphatic rings. The Hall–Kier alpha value is -8.32. The lowest BCUT2D eigenvalue weighted by Crippen LogP contribution is -2.14. The van der Waals surface area contributed by atoms with E-state index in [-0.39, 0.29) is 10.8 Å². The van der Waals surface area contributed by atoms with E-state index in [0.717, 1.165) is 0 Å². The van der Waals surface area contributed by atoms with Crippen LogP contribution in [0.4, 0.5) is 0 Å². The molecule has 0 heterocycles. The third-order valence-electron chi connectivity index (χ3n) is 15.6. The normalized spacial score (nSPS) is 13.7. The molecule has 0 N–H and O–H groups in total. The molecular weight excluding hydrogens is 841 g/mol. The Morgan fingerprint density at radius 3 is 1.01 bits per heavy atom. The van der Waals surface area contributed by atoms with Crippen molar-refractivity contribution >= 4 is 43.1 Å². The summed E-state index contributed by atoms with van der Waals surface area (Å²) >= 11 is 0. The molecule has 0 radical (unpaired) electrons. The molecule has 0 unspecified atom stereocenters. The monoisotopic (exact) mass is 892 g/mol. The highest BCUT2D eigenvalue weighted by Gasteiger charge is 2.37. The Morgan fingerprint density at radius 1 is 0.214 bits per heavy atom. The molecule has 0 aromatic heterocycles. The van der Waals surface area contributed by atoms with E-state index < -0.39 is 0 Å². The minimum Gasteiger partial charge on any atom is -0.0622 e. The van der Waals surface area contributed by atoms with Gasteiger partial charge in [0.2, 0.25) is 0 Å². The van der Waals surface area contributed by atoms with Gasteiger partial charge in [0.15, 0.2) is 0 Å². The van der Waals surface area contributed by atoms with Crippen LogP contribution in [0.1, 0.15) is 49.9 Å². The maximum atomic E-state index is 2.47. The lowest BCUT2D eigenvalue weighted by atomic mass is 9.81. The molecule has 332 valence electrons. The lowest BCUT2D eigenvalue weighted by Gasteiger charge is -2.22. The summed E-state index contributed by atoms with van der Waals surface area (Å²) in [5.74, 6) is 0. The van der Waals surface area contributed by atoms with Crippen LogP contribution in [-0.2, 0) is 10.8 Å². The average molecular weight is 893 g/mol. The fourth-order valence-electron chi connectivity index (χ4n) is 12.1. The largest absolute Gasteiger partial charge is 0.0622 e. The van der Waals surface area contributed by atoms with Crippen LogP contribution in [0.25, 0.3) is 110 Å². The fourth-order valence-corrected chi connectivity index (χ4v) is 12.1. The molecule has 12 aromatic carbocycles. The smallest absolute Gasteiger partial charge is 0.0159 e. The highest BCUT2D eigenvalue weighted by molar-refractivity contribution is 6.16. The molecule has 12 aromatic rings. The van der Waals surface area contributed by atoms with Gasteiger partial charge in [0.25, 0.3) is 0 Å². The van der Waals surface area contributed by atoms with Crippen molar-refractivity contribution < 1.29 is 0 Å². The van der Waals surface area contributed by atoms with Gasteiger partial charge in [0, 0.05) is 10.8 Å². The quantitative estimate of drug-likeness (QED) is 0.154. The first-order chi connectivity index (χ1) is 34.2. The van der Waals surface area contributed by atoms with Crippen LogP contribution in [0, 0.1) is 0 Å². The number of hydrogen-bond acceptors (Lipinski definition) is 0. The van der Waals surface area contributed by atoms with Gasteiger partial charge in [0.1, 0.15) is 0 Å². The Balaban J connectivity index is 0.000000137. The van der Waals surface area contributed by atoms with Crippen molar-refractivity contribution in [2.75, 3.05) is 0 Å². The predicted molar refractivity (Wildman–Crippen MR) is 300 cm³/mol. The number of hydrogen-bond donors (Lipinski definition) is 0. The van der Waals surface area contributed by atoms with Gasteiger partial charge in [-0.05, 0) is 181 Å². The Kier molecular flexibility index (Phi) is 9.65. The van der Waals surface area contributed by atoms with Gasteiger partial charge in [-0.3, -0.25) is 0 Å². The fraction of sp³-hybridized carbons (Fsp3) is 0.0857. The van der Waals surface area contributed by atoms with Crippen LogP contribution >= 0.6 is 0 Å². The van der Waals surface area contributed by atoms with Crippen molar-refractivity contribution in [1.29, 1.82) is 0 Å². The Labute approximate surface area is 411 Å². The van der Waals surface area contributed by atoms with E-state index in [2.05, 4.69) is 270 Å². The van der Waals surface area contributed by atoms with E-state index in [1.54, 1.807) is 0 Å². The lowest BCUT2D eigenvalue weighted by molar-refractivity contribution is 0.661. The van der Waals surface area contributed by atoms with Gasteiger partial charge in [0.05, 0.1) is 0 Å². The summed E-state index contributed by atoms with van der Waals surface area (Å²) < 4.78 is 0. The molecule has 0 atom stereocenters. The van der Waals surface area contributed by atoms with E-state index >= 15 is 0 Å². The van der Waals surface area contributed by atoms with Crippen molar-refractivity contribution in [3.8, 4) is 66.8 Å². The predicted octanol–water partition coefficient (Wildman–Crippen LogP) is 19.3. The van der Waals surface area contributed by atoms with Gasteiger partial charge in [-0.15, -0.1) is 0 Å². The first kappa shape index (κ1) is 41.8. The van der Waals surface area contributed by atoms with E-state index in [1.807, 2.05) is 0 Å². The molecule has 2 aliphatic carbocycles. The third-order valence-corrected chi connectivity index (χ3v) is 15.6. The minimum absolute atomic E-state index is 0.0189. The van der Waals surface area contributed by atoms with Crippen molar-refractivity contribution in [3.05, 3.63) is 265 Å². The first-order valence-electron chi connectivity index (χ1n) is 24.7. The molecule has 0 amide bonds. The molecule has 0 saturated carbocycles. The standard InChI is InChI=1S/2C35H26/c2*1-35(2)32-18-9-8-17-29(32)31-21-27-20-25-13-6-7-16-28(25)34(30(27)22-33(31)35)26-15-10-14-24(19-26)23-11-4-3-5-12-23/h2*3-22H,1-2H3. The Morgan fingerprint density at radius 2 is 0.571 bits per heavy atom. The summed E-state index contributed by atoms with van der Waals surface area (Å²) in [5.41, 5.74) is 21.3. The van der Waals surface area contributed by atoms with E-state index in [0.29, 0.717) is 0 Å². The zero-order valence-electron chi connectivity index (χ0n) is 40.1. The van der Waals surface area contributed by atoms with Crippen molar-refractivity contribution in [3.63, 3.8) is 0 Å². The summed E-state index contributed by atoms with van der Waals surface area (Å²) in [5, 5.41) is 10.4. The average Bonchev–Trinajstić information content (AvgIpc) is 3.77. The summed E-state index contributed by atoms with van der Waals surface area (Å²) in [6, 6.07) is 89.3. The van der Waals surface area contributed by atoms with Crippen LogP contribution < -0.4 is 0 Å². The Bertz CT molecular complexity index is 3770. The van der Waals surface area contributed by atoms with Crippen molar-refractivity contribution in [2.45, 2.75) is 38.5 Å². The minimum atomic E-state index is -0.0189. The summed E-state index contributed by atoms with van der Waals surface area (Å²) in [6.45, 7) is 9.45. The molecule has 0 nitrogen and oxygen atoms in total. The second-order valence-corrected chi connectivity index (χ2v) is 20.4. The highest BCUT2D eigenvalue weighted by Crippen LogP contribution is 2.53. The molecule has 0 spiro atoms. The topological polar surface area (TPSA) is 0 Å². The maximum absolute atomic E-state index is 2.47. The van der Waals surface area contributed by atoms with Crippen LogP contribution in [0.2, 0.25) is 0 Å². The van der Waals surface area contributed by atoms with Gasteiger partial charge >= 0.3 is 0 Å². The summed E-state index contributed by atoms with van der Waals surface area (Å²) in [4.78, 5) is 0. The van der Waals surface area contributed by atoms with Crippen LogP contribution in [-0.4, -0.2) is 0 Å². The van der Waals surface area contributed by atoms with E-state index in [1.165, 1.54) is 132 Å². The summed E-state index contributed by atoms with van der Waals surface area (Å²) in [7, 11) is 0. The molecule has 70 heavy (non-hydrogen) atoms. The molecule has 0 bridgehead atoms. The zero-order chi connectivity index (χ0) is 47.1. The number of benzene rings is 12. The zero-order valence-corrected chi connectivity index (χ0v) is 40.1. The van der Waals surface area contributed by atoms with Gasteiger partial charge in [-0.1, -0.05) is 222 Å². The number of fused-ring (bicyclic) bond motifs is 10. The van der Waals surface area contributed by atoms with Gasteiger partial charge < -0.3 is 0 Å². The molecule has 0 heteroatoms. The molecule has 0 aliphatic heterocycles. The van der Waals surface area contributed by atoms with Crippen molar-refractivity contribution in [2.24, 2.45) is 0 Å². The van der Waals surface area contributed by atoms with Crippen LogP contribution in [0.3, 0.4) is 0 Å². The van der Waals surface area contributed by atoms with Gasteiger partial charge in [-0.2, -0.15) is 0 Å².